The fraction of sp³-hybridized carbons (Fsp3) is 0. The molecule has 0 heterocycles. The van der Waals surface area contributed by atoms with Gasteiger partial charge in [-0.05, 0) is 22.3 Å². The molecule has 0 spiro atoms. The van der Waals surface area contributed by atoms with E-state index in [0.717, 1.165) is 0 Å². The molecule has 3 aromatic carbocycles. The number of hydrogen-bond acceptors (Lipinski definition) is 0. The number of benzene rings is 3. The van der Waals surface area contributed by atoms with E-state index in [2.05, 4.69) is 84.9 Å². The molecular weight excluding hydrogens is 320 g/mol. The highest BCUT2D eigenvalue weighted by Gasteiger charge is 2.00. The minimum absolute atomic E-state index is 0. The van der Waals surface area contributed by atoms with Crippen molar-refractivity contribution in [3.8, 4) is 11.1 Å². The predicted molar refractivity (Wildman–Crippen MR) is 87.2 cm³/mol. The Balaban J connectivity index is 0.00000161. The van der Waals surface area contributed by atoms with Crippen molar-refractivity contribution < 1.29 is 17.0 Å². The zero-order valence-electron chi connectivity index (χ0n) is 11.6. The maximum Gasteiger partial charge on any atom is -0.0111 e. The Morgan fingerprint density at radius 2 is 1.10 bits per heavy atom. The summed E-state index contributed by atoms with van der Waals surface area (Å²) in [7, 11) is 0. The molecule has 0 aliphatic carbocycles. The molecule has 21 heavy (non-hydrogen) atoms. The fourth-order valence-electron chi connectivity index (χ4n) is 2.27. The first-order chi connectivity index (χ1) is 9.93. The Hall–Kier alpha value is -2.12. The van der Waals surface area contributed by atoms with Crippen LogP contribution in [-0.4, -0.2) is 0 Å². The lowest BCUT2D eigenvalue weighted by molar-refractivity contribution is -0.00000378. The number of hydrogen-bond donors (Lipinski definition) is 0. The molecule has 0 N–H and O–H groups in total. The SMILES string of the molecule is C(=C\c1ccccc1-c1ccccc1)/c1ccccc1.[Br-]. The normalized spacial score (nSPS) is 10.3. The standard InChI is InChI=1S/C20H16.BrH/c1-3-9-17(10-4-1)15-16-19-13-7-8-14-20(19)18-11-5-2-6-12-18;/h1-16H;1H/p-1/b16-15+;. The van der Waals surface area contributed by atoms with Crippen LogP contribution in [0.15, 0.2) is 84.9 Å². The highest BCUT2D eigenvalue weighted by molar-refractivity contribution is 5.80. The van der Waals surface area contributed by atoms with Crippen LogP contribution >= 0.6 is 0 Å². The Morgan fingerprint density at radius 1 is 0.524 bits per heavy atom. The Morgan fingerprint density at radius 3 is 1.81 bits per heavy atom. The van der Waals surface area contributed by atoms with Crippen molar-refractivity contribution in [3.63, 3.8) is 0 Å². The van der Waals surface area contributed by atoms with Gasteiger partial charge in [-0.2, -0.15) is 0 Å². The maximum absolute atomic E-state index is 2.18. The van der Waals surface area contributed by atoms with E-state index in [1.54, 1.807) is 0 Å². The topological polar surface area (TPSA) is 0 Å². The lowest BCUT2D eigenvalue weighted by Gasteiger charge is -2.06. The molecule has 0 nitrogen and oxygen atoms in total. The van der Waals surface area contributed by atoms with Gasteiger partial charge in [0.2, 0.25) is 0 Å². The minimum Gasteiger partial charge on any atom is -1.00 e. The second-order valence-corrected chi connectivity index (χ2v) is 4.70. The fourth-order valence-corrected chi connectivity index (χ4v) is 2.27. The average Bonchev–Trinajstić information content (AvgIpc) is 2.55. The summed E-state index contributed by atoms with van der Waals surface area (Å²) in [5, 5.41) is 0. The lowest BCUT2D eigenvalue weighted by atomic mass is 9.99. The molecular formula is C20H16Br-. The van der Waals surface area contributed by atoms with Crippen LogP contribution in [0.5, 0.6) is 0 Å². The van der Waals surface area contributed by atoms with Gasteiger partial charge in [-0.3, -0.25) is 0 Å². The van der Waals surface area contributed by atoms with Crippen LogP contribution in [0, 0.1) is 0 Å². The van der Waals surface area contributed by atoms with E-state index in [1.807, 2.05) is 12.1 Å². The Kier molecular flexibility index (Phi) is 5.53. The molecule has 104 valence electrons. The van der Waals surface area contributed by atoms with E-state index in [0.29, 0.717) is 0 Å². The van der Waals surface area contributed by atoms with Gasteiger partial charge in [0.1, 0.15) is 0 Å². The second kappa shape index (κ2) is 7.61. The van der Waals surface area contributed by atoms with Crippen LogP contribution in [0.1, 0.15) is 11.1 Å². The van der Waals surface area contributed by atoms with Gasteiger partial charge in [-0.1, -0.05) is 97.1 Å². The van der Waals surface area contributed by atoms with E-state index in [1.165, 1.54) is 22.3 Å². The van der Waals surface area contributed by atoms with Crippen molar-refractivity contribution in [2.24, 2.45) is 0 Å². The summed E-state index contributed by atoms with van der Waals surface area (Å²) in [6, 6.07) is 29.4. The smallest absolute Gasteiger partial charge is 0.0111 e. The van der Waals surface area contributed by atoms with Crippen LogP contribution in [0.3, 0.4) is 0 Å². The summed E-state index contributed by atoms with van der Waals surface area (Å²) < 4.78 is 0. The number of rotatable bonds is 3. The van der Waals surface area contributed by atoms with E-state index in [9.17, 15) is 0 Å². The van der Waals surface area contributed by atoms with Crippen LogP contribution in [-0.2, 0) is 0 Å². The van der Waals surface area contributed by atoms with E-state index in [-0.39, 0.29) is 17.0 Å². The summed E-state index contributed by atoms with van der Waals surface area (Å²) in [4.78, 5) is 0. The molecule has 0 atom stereocenters. The Bertz CT molecular complexity index is 700. The van der Waals surface area contributed by atoms with Gasteiger partial charge in [0, 0.05) is 0 Å². The van der Waals surface area contributed by atoms with E-state index < -0.39 is 0 Å². The van der Waals surface area contributed by atoms with Crippen LogP contribution in [0.4, 0.5) is 0 Å². The number of halogens is 1. The maximum atomic E-state index is 2.18. The average molecular weight is 336 g/mol. The van der Waals surface area contributed by atoms with E-state index in [4.69, 9.17) is 0 Å². The van der Waals surface area contributed by atoms with Gasteiger partial charge >= 0.3 is 0 Å². The van der Waals surface area contributed by atoms with Gasteiger partial charge in [-0.15, -0.1) is 0 Å². The van der Waals surface area contributed by atoms with Crippen molar-refractivity contribution in [1.29, 1.82) is 0 Å². The van der Waals surface area contributed by atoms with Crippen molar-refractivity contribution in [2.45, 2.75) is 0 Å². The monoisotopic (exact) mass is 335 g/mol. The van der Waals surface area contributed by atoms with Crippen molar-refractivity contribution in [2.75, 3.05) is 0 Å². The molecule has 0 unspecified atom stereocenters. The van der Waals surface area contributed by atoms with Crippen molar-refractivity contribution in [3.05, 3.63) is 96.1 Å². The molecule has 0 saturated carbocycles. The molecule has 3 aromatic rings. The third kappa shape index (κ3) is 3.93. The molecule has 0 aliphatic heterocycles. The third-order valence-corrected chi connectivity index (χ3v) is 3.30. The highest BCUT2D eigenvalue weighted by Crippen LogP contribution is 2.24. The van der Waals surface area contributed by atoms with Gasteiger partial charge < -0.3 is 17.0 Å². The summed E-state index contributed by atoms with van der Waals surface area (Å²) in [5.74, 6) is 0. The highest BCUT2D eigenvalue weighted by atomic mass is 79.9. The predicted octanol–water partition coefficient (Wildman–Crippen LogP) is 2.53. The van der Waals surface area contributed by atoms with E-state index >= 15 is 0 Å². The Labute approximate surface area is 136 Å². The van der Waals surface area contributed by atoms with Crippen LogP contribution < -0.4 is 17.0 Å². The molecule has 0 saturated heterocycles. The molecule has 0 aromatic heterocycles. The van der Waals surface area contributed by atoms with Gasteiger partial charge in [-0.25, -0.2) is 0 Å². The van der Waals surface area contributed by atoms with Gasteiger partial charge in [0.05, 0.1) is 0 Å². The molecule has 3 rings (SSSR count). The quantitative estimate of drug-likeness (QED) is 0.645. The summed E-state index contributed by atoms with van der Waals surface area (Å²) in [5.41, 5.74) is 4.97. The van der Waals surface area contributed by atoms with Crippen LogP contribution in [0.2, 0.25) is 0 Å². The first-order valence-corrected chi connectivity index (χ1v) is 6.81. The second-order valence-electron chi connectivity index (χ2n) is 4.70. The van der Waals surface area contributed by atoms with Gasteiger partial charge in [0.25, 0.3) is 0 Å². The molecule has 0 aliphatic rings. The molecule has 0 radical (unpaired) electrons. The minimum atomic E-state index is 0. The van der Waals surface area contributed by atoms with Crippen molar-refractivity contribution in [1.82, 2.24) is 0 Å². The lowest BCUT2D eigenvalue weighted by Crippen LogP contribution is -3.00. The summed E-state index contributed by atoms with van der Waals surface area (Å²) in [6.07, 6.45) is 4.33. The molecule has 0 bridgehead atoms. The first-order valence-electron chi connectivity index (χ1n) is 6.81. The molecule has 1 heteroatoms. The molecule has 0 fully saturated rings. The largest absolute Gasteiger partial charge is 1.00 e. The summed E-state index contributed by atoms with van der Waals surface area (Å²) >= 11 is 0. The van der Waals surface area contributed by atoms with Crippen LogP contribution in [0.25, 0.3) is 23.3 Å². The third-order valence-electron chi connectivity index (χ3n) is 3.30. The summed E-state index contributed by atoms with van der Waals surface area (Å²) in [6.45, 7) is 0. The zero-order valence-corrected chi connectivity index (χ0v) is 13.2. The zero-order chi connectivity index (χ0) is 13.6. The van der Waals surface area contributed by atoms with Gasteiger partial charge in [0.15, 0.2) is 0 Å². The molecule has 0 amide bonds. The first kappa shape index (κ1) is 15.3. The van der Waals surface area contributed by atoms with Crippen molar-refractivity contribution >= 4 is 12.2 Å².